The maximum atomic E-state index is 5.53. The Balaban J connectivity index is 2.30. The van der Waals surface area contributed by atoms with Crippen LogP contribution in [-0.2, 0) is 13.3 Å². The lowest BCUT2D eigenvalue weighted by molar-refractivity contribution is 0.122. The second kappa shape index (κ2) is 19.8. The standard InChI is InChI=1S/C32H64O3Si3/c1-9-10-11-12-13-14-15-18-21-28-36(5,6)31-24-26-32(27-25-31)37(7,8)29-22-19-16-17-20-23-30-38(33-2,34-3)35-4/h24-27H,9-23,28-30H2,1-8H3. The maximum Gasteiger partial charge on any atom is 0.500 e. The molecule has 0 atom stereocenters. The molecule has 0 heterocycles. The summed E-state index contributed by atoms with van der Waals surface area (Å²) in [4.78, 5) is 0. The van der Waals surface area contributed by atoms with Crippen LogP contribution in [0.1, 0.15) is 103 Å². The van der Waals surface area contributed by atoms with E-state index < -0.39 is 25.0 Å². The molecular formula is C32H64O3Si3. The molecule has 0 fully saturated rings. The Hall–Kier alpha value is -0.249. The number of unbranched alkanes of at least 4 members (excludes halogenated alkanes) is 13. The minimum absolute atomic E-state index is 0.922. The topological polar surface area (TPSA) is 27.7 Å². The molecule has 1 rings (SSSR count). The molecule has 6 heteroatoms. The van der Waals surface area contributed by atoms with Gasteiger partial charge in [0, 0.05) is 27.4 Å². The van der Waals surface area contributed by atoms with E-state index in [4.69, 9.17) is 13.3 Å². The Kier molecular flexibility index (Phi) is 18.6. The lowest BCUT2D eigenvalue weighted by atomic mass is 10.1. The molecule has 0 unspecified atom stereocenters. The zero-order valence-corrected chi connectivity index (χ0v) is 29.8. The molecule has 0 saturated carbocycles. The Morgan fingerprint density at radius 1 is 0.447 bits per heavy atom. The number of benzene rings is 1. The highest BCUT2D eigenvalue weighted by Gasteiger charge is 2.36. The van der Waals surface area contributed by atoms with Gasteiger partial charge in [-0.3, -0.25) is 0 Å². The third kappa shape index (κ3) is 13.9. The summed E-state index contributed by atoms with van der Waals surface area (Å²) in [5.41, 5.74) is 0. The summed E-state index contributed by atoms with van der Waals surface area (Å²) in [6, 6.07) is 13.8. The minimum Gasteiger partial charge on any atom is -0.377 e. The zero-order valence-electron chi connectivity index (χ0n) is 26.8. The highest BCUT2D eigenvalue weighted by atomic mass is 28.4. The van der Waals surface area contributed by atoms with E-state index in [1.165, 1.54) is 102 Å². The molecule has 0 radical (unpaired) electrons. The molecule has 3 nitrogen and oxygen atoms in total. The zero-order chi connectivity index (χ0) is 28.3. The van der Waals surface area contributed by atoms with Crippen molar-refractivity contribution in [3.8, 4) is 0 Å². The van der Waals surface area contributed by atoms with Crippen LogP contribution < -0.4 is 10.4 Å². The van der Waals surface area contributed by atoms with Gasteiger partial charge in [-0.15, -0.1) is 0 Å². The first-order valence-corrected chi connectivity index (χ1v) is 24.3. The molecule has 222 valence electrons. The SMILES string of the molecule is CCCCCCCCCCC[Si](C)(C)c1ccc([Si](C)(C)CCCCCCCC[Si](OC)(OC)OC)cc1. The monoisotopic (exact) mass is 580 g/mol. The molecule has 38 heavy (non-hydrogen) atoms. The smallest absolute Gasteiger partial charge is 0.377 e. The Labute approximate surface area is 241 Å². The van der Waals surface area contributed by atoms with Crippen molar-refractivity contribution in [3.63, 3.8) is 0 Å². The molecule has 0 aliphatic carbocycles. The normalized spacial score (nSPS) is 12.8. The van der Waals surface area contributed by atoms with Crippen LogP contribution in [0.15, 0.2) is 24.3 Å². The summed E-state index contributed by atoms with van der Waals surface area (Å²) >= 11 is 0. The van der Waals surface area contributed by atoms with Gasteiger partial charge in [0.1, 0.15) is 0 Å². The van der Waals surface area contributed by atoms with Crippen molar-refractivity contribution >= 4 is 35.3 Å². The van der Waals surface area contributed by atoms with Crippen molar-refractivity contribution in [2.75, 3.05) is 21.3 Å². The maximum absolute atomic E-state index is 5.53. The van der Waals surface area contributed by atoms with Gasteiger partial charge in [0.25, 0.3) is 0 Å². The summed E-state index contributed by atoms with van der Waals surface area (Å²) in [7, 11) is 0.0665. The van der Waals surface area contributed by atoms with E-state index >= 15 is 0 Å². The number of rotatable bonds is 24. The van der Waals surface area contributed by atoms with Gasteiger partial charge in [-0.25, -0.2) is 0 Å². The van der Waals surface area contributed by atoms with Crippen LogP contribution in [0.5, 0.6) is 0 Å². The Morgan fingerprint density at radius 3 is 1.05 bits per heavy atom. The molecule has 0 aliphatic rings. The minimum atomic E-state index is -2.38. The highest BCUT2D eigenvalue weighted by molar-refractivity contribution is 6.91. The Bertz CT molecular complexity index is 694. The molecule has 0 N–H and O–H groups in total. The molecule has 0 aromatic heterocycles. The van der Waals surface area contributed by atoms with Crippen LogP contribution >= 0.6 is 0 Å². The predicted molar refractivity (Wildman–Crippen MR) is 177 cm³/mol. The molecule has 0 amide bonds. The Morgan fingerprint density at radius 2 is 0.737 bits per heavy atom. The van der Waals surface area contributed by atoms with Gasteiger partial charge < -0.3 is 13.3 Å². The molecule has 0 saturated heterocycles. The van der Waals surface area contributed by atoms with Crippen LogP contribution in [0.4, 0.5) is 0 Å². The second-order valence-corrected chi connectivity index (χ2v) is 25.6. The summed E-state index contributed by atoms with van der Waals surface area (Å²) in [5, 5.41) is 3.31. The van der Waals surface area contributed by atoms with E-state index in [2.05, 4.69) is 57.4 Å². The third-order valence-corrected chi connectivity index (χ3v) is 18.7. The van der Waals surface area contributed by atoms with E-state index in [-0.39, 0.29) is 0 Å². The van der Waals surface area contributed by atoms with Gasteiger partial charge in [-0.05, 0) is 6.42 Å². The first-order valence-electron chi connectivity index (χ1n) is 15.9. The predicted octanol–water partition coefficient (Wildman–Crippen LogP) is 9.27. The van der Waals surface area contributed by atoms with Crippen LogP contribution in [0.3, 0.4) is 0 Å². The van der Waals surface area contributed by atoms with Gasteiger partial charge in [0.2, 0.25) is 0 Å². The summed E-state index contributed by atoms with van der Waals surface area (Å²) in [6.07, 6.45) is 20.6. The van der Waals surface area contributed by atoms with Crippen molar-refractivity contribution in [2.24, 2.45) is 0 Å². The lowest BCUT2D eigenvalue weighted by Gasteiger charge is -2.26. The third-order valence-electron chi connectivity index (χ3n) is 8.82. The first kappa shape index (κ1) is 35.8. The van der Waals surface area contributed by atoms with E-state index in [0.29, 0.717) is 0 Å². The van der Waals surface area contributed by atoms with E-state index in [0.717, 1.165) is 12.5 Å². The van der Waals surface area contributed by atoms with Crippen LogP contribution in [0.2, 0.25) is 44.3 Å². The first-order chi connectivity index (χ1) is 18.2. The van der Waals surface area contributed by atoms with Crippen LogP contribution in [-0.4, -0.2) is 46.3 Å². The summed E-state index contributed by atoms with van der Waals surface area (Å²) in [6.45, 7) is 12.6. The fourth-order valence-electron chi connectivity index (χ4n) is 5.71. The summed E-state index contributed by atoms with van der Waals surface area (Å²) in [5.74, 6) is 0. The van der Waals surface area contributed by atoms with Crippen molar-refractivity contribution in [1.82, 2.24) is 0 Å². The molecule has 0 aliphatic heterocycles. The van der Waals surface area contributed by atoms with E-state index in [1.54, 1.807) is 31.7 Å². The van der Waals surface area contributed by atoms with Crippen molar-refractivity contribution in [2.45, 2.75) is 148 Å². The van der Waals surface area contributed by atoms with Gasteiger partial charge in [0.05, 0.1) is 16.1 Å². The fourth-order valence-corrected chi connectivity index (χ4v) is 12.5. The average molecular weight is 581 g/mol. The second-order valence-electron chi connectivity index (χ2n) is 12.8. The van der Waals surface area contributed by atoms with Crippen molar-refractivity contribution in [1.29, 1.82) is 0 Å². The lowest BCUT2D eigenvalue weighted by Crippen LogP contribution is -2.45. The number of hydrogen-bond donors (Lipinski definition) is 0. The van der Waals surface area contributed by atoms with Gasteiger partial charge in [-0.1, -0.05) is 170 Å². The van der Waals surface area contributed by atoms with E-state index in [1.807, 2.05) is 0 Å². The highest BCUT2D eigenvalue weighted by Crippen LogP contribution is 2.21. The largest absolute Gasteiger partial charge is 0.500 e. The van der Waals surface area contributed by atoms with E-state index in [9.17, 15) is 0 Å². The molecule has 1 aromatic rings. The molecule has 0 spiro atoms. The molecule has 0 bridgehead atoms. The van der Waals surface area contributed by atoms with Gasteiger partial charge >= 0.3 is 8.80 Å². The molecular weight excluding hydrogens is 517 g/mol. The van der Waals surface area contributed by atoms with Crippen LogP contribution in [0, 0.1) is 0 Å². The molecule has 1 aromatic carbocycles. The quantitative estimate of drug-likeness (QED) is 0.0900. The van der Waals surface area contributed by atoms with Gasteiger partial charge in [-0.2, -0.15) is 0 Å². The fraction of sp³-hybridized carbons (Fsp3) is 0.812. The summed E-state index contributed by atoms with van der Waals surface area (Å²) < 4.78 is 16.6. The van der Waals surface area contributed by atoms with Crippen molar-refractivity contribution in [3.05, 3.63) is 24.3 Å². The van der Waals surface area contributed by atoms with Gasteiger partial charge in [0.15, 0.2) is 0 Å². The number of hydrogen-bond acceptors (Lipinski definition) is 3. The van der Waals surface area contributed by atoms with Crippen molar-refractivity contribution < 1.29 is 13.3 Å². The average Bonchev–Trinajstić information content (AvgIpc) is 2.92. The van der Waals surface area contributed by atoms with Crippen LogP contribution in [0.25, 0.3) is 0 Å².